The Morgan fingerprint density at radius 1 is 1.06 bits per heavy atom. The van der Waals surface area contributed by atoms with Crippen LogP contribution in [-0.4, -0.2) is 35.3 Å². The summed E-state index contributed by atoms with van der Waals surface area (Å²) in [4.78, 5) is 12.3. The summed E-state index contributed by atoms with van der Waals surface area (Å²) in [6.07, 6.45) is 8.11. The molecule has 0 spiro atoms. The molecule has 1 aliphatic rings. The summed E-state index contributed by atoms with van der Waals surface area (Å²) >= 11 is 5.88. The second kappa shape index (κ2) is 13.5. The molecule has 5 heteroatoms. The summed E-state index contributed by atoms with van der Waals surface area (Å²) < 4.78 is 5.34. The molecule has 0 bridgehead atoms. The van der Waals surface area contributed by atoms with Gasteiger partial charge in [0.05, 0.1) is 4.99 Å². The lowest BCUT2D eigenvalue weighted by molar-refractivity contribution is -0.149. The van der Waals surface area contributed by atoms with Crippen LogP contribution in [0.4, 0.5) is 0 Å². The number of aryl methyl sites for hydroxylation is 1. The molecule has 178 valence electrons. The summed E-state index contributed by atoms with van der Waals surface area (Å²) in [5.74, 6) is 0.0201. The Kier molecular flexibility index (Phi) is 10.4. The van der Waals surface area contributed by atoms with E-state index in [1.54, 1.807) is 0 Å². The fraction of sp³-hybridized carbons (Fsp3) is 0.500. The van der Waals surface area contributed by atoms with Gasteiger partial charge < -0.3 is 15.2 Å². The minimum absolute atomic E-state index is 0.193. The topological polar surface area (TPSA) is 58.6 Å². The van der Waals surface area contributed by atoms with E-state index in [1.165, 1.54) is 43.2 Å². The van der Waals surface area contributed by atoms with Crippen molar-refractivity contribution >= 4 is 23.2 Å². The molecule has 2 aromatic rings. The van der Waals surface area contributed by atoms with Crippen molar-refractivity contribution in [2.75, 3.05) is 13.2 Å². The summed E-state index contributed by atoms with van der Waals surface area (Å²) in [7, 11) is 0. The molecule has 33 heavy (non-hydrogen) atoms. The molecular formula is C28H37NO3S. The van der Waals surface area contributed by atoms with Gasteiger partial charge in [-0.1, -0.05) is 86.1 Å². The first-order chi connectivity index (χ1) is 16.1. The third kappa shape index (κ3) is 8.24. The maximum atomic E-state index is 11.3. The van der Waals surface area contributed by atoms with E-state index in [-0.39, 0.29) is 5.92 Å². The number of ether oxygens (including phenoxy) is 1. The quantitative estimate of drug-likeness (QED) is 0.379. The number of carboxylic acid groups (broad SMARTS) is 1. The standard InChI is InChI=1S/C28H37NO3S/c1-2-32-26(28(30)31)19-22-15-13-21(14-16-22)17-18-25(24-11-7-4-8-12-24)27(33)29-20-23-9-5-3-6-10-23/h4,7-8,11-16,23,25-26H,2-3,5-6,9-10,17-20H2,1H3,(H,29,33)(H,30,31). The van der Waals surface area contributed by atoms with Crippen LogP contribution in [0.5, 0.6) is 0 Å². The molecule has 2 unspecified atom stereocenters. The molecule has 2 N–H and O–H groups in total. The van der Waals surface area contributed by atoms with Crippen molar-refractivity contribution in [1.29, 1.82) is 0 Å². The largest absolute Gasteiger partial charge is 0.479 e. The number of thiocarbonyl (C=S) groups is 1. The molecule has 0 aromatic heterocycles. The zero-order valence-electron chi connectivity index (χ0n) is 19.7. The van der Waals surface area contributed by atoms with E-state index in [1.807, 2.05) is 25.1 Å². The van der Waals surface area contributed by atoms with Gasteiger partial charge in [0, 0.05) is 25.5 Å². The van der Waals surface area contributed by atoms with Gasteiger partial charge in [0.2, 0.25) is 0 Å². The predicted octanol–water partition coefficient (Wildman–Crippen LogP) is 5.93. The van der Waals surface area contributed by atoms with Crippen LogP contribution in [0.25, 0.3) is 0 Å². The number of nitrogens with one attached hydrogen (secondary N) is 1. The highest BCUT2D eigenvalue weighted by atomic mass is 32.1. The molecule has 0 radical (unpaired) electrons. The number of benzene rings is 2. The number of carboxylic acids is 1. The maximum absolute atomic E-state index is 11.3. The van der Waals surface area contributed by atoms with E-state index >= 15 is 0 Å². The Balaban J connectivity index is 1.59. The first-order valence-electron chi connectivity index (χ1n) is 12.3. The van der Waals surface area contributed by atoms with Crippen LogP contribution >= 0.6 is 12.2 Å². The van der Waals surface area contributed by atoms with Crippen molar-refractivity contribution in [3.63, 3.8) is 0 Å². The molecule has 0 heterocycles. The molecule has 0 amide bonds. The van der Waals surface area contributed by atoms with Crippen LogP contribution in [0.2, 0.25) is 0 Å². The Morgan fingerprint density at radius 3 is 2.36 bits per heavy atom. The van der Waals surface area contributed by atoms with E-state index in [2.05, 4.69) is 41.7 Å². The summed E-state index contributed by atoms with van der Waals surface area (Å²) in [6, 6.07) is 18.8. The third-order valence-electron chi connectivity index (χ3n) is 6.62. The lowest BCUT2D eigenvalue weighted by atomic mass is 9.88. The highest BCUT2D eigenvalue weighted by Crippen LogP contribution is 2.26. The Bertz CT molecular complexity index is 862. The van der Waals surface area contributed by atoms with Crippen molar-refractivity contribution in [3.05, 3.63) is 71.3 Å². The fourth-order valence-corrected chi connectivity index (χ4v) is 5.02. The van der Waals surface area contributed by atoms with Crippen LogP contribution in [-0.2, 0) is 22.4 Å². The molecule has 0 aliphatic heterocycles. The lowest BCUT2D eigenvalue weighted by Gasteiger charge is -2.25. The van der Waals surface area contributed by atoms with Crippen LogP contribution in [0.15, 0.2) is 54.6 Å². The average molecular weight is 468 g/mol. The van der Waals surface area contributed by atoms with Gasteiger partial charge >= 0.3 is 5.97 Å². The highest BCUT2D eigenvalue weighted by Gasteiger charge is 2.20. The van der Waals surface area contributed by atoms with Crippen molar-refractivity contribution in [2.45, 2.75) is 70.3 Å². The molecule has 4 nitrogen and oxygen atoms in total. The van der Waals surface area contributed by atoms with E-state index in [0.29, 0.717) is 13.0 Å². The number of hydrogen-bond acceptors (Lipinski definition) is 3. The third-order valence-corrected chi connectivity index (χ3v) is 7.05. The van der Waals surface area contributed by atoms with Crippen LogP contribution < -0.4 is 5.32 Å². The smallest absolute Gasteiger partial charge is 0.333 e. The molecule has 2 atom stereocenters. The normalized spacial score (nSPS) is 16.2. The van der Waals surface area contributed by atoms with Crippen molar-refractivity contribution in [2.24, 2.45) is 5.92 Å². The Morgan fingerprint density at radius 2 is 1.73 bits per heavy atom. The minimum atomic E-state index is -0.916. The Labute approximate surface area is 203 Å². The predicted molar refractivity (Wildman–Crippen MR) is 138 cm³/mol. The second-order valence-electron chi connectivity index (χ2n) is 9.05. The fourth-order valence-electron chi connectivity index (χ4n) is 4.68. The Hall–Kier alpha value is -2.24. The van der Waals surface area contributed by atoms with Crippen LogP contribution in [0.1, 0.15) is 68.1 Å². The van der Waals surface area contributed by atoms with Gasteiger partial charge in [0.25, 0.3) is 0 Å². The SMILES string of the molecule is CCOC(Cc1ccc(CCC(C(=S)NCC2CCCCC2)c2ccccc2)cc1)C(=O)O. The average Bonchev–Trinajstić information content (AvgIpc) is 2.85. The van der Waals surface area contributed by atoms with Crippen molar-refractivity contribution < 1.29 is 14.6 Å². The molecule has 0 saturated heterocycles. The lowest BCUT2D eigenvalue weighted by Crippen LogP contribution is -2.33. The molecule has 1 aliphatic carbocycles. The number of aliphatic carboxylic acids is 1. The van der Waals surface area contributed by atoms with Crippen molar-refractivity contribution in [3.8, 4) is 0 Å². The molecule has 3 rings (SSSR count). The van der Waals surface area contributed by atoms with Gasteiger partial charge in [-0.05, 0) is 55.2 Å². The molecule has 2 aromatic carbocycles. The molecule has 1 fully saturated rings. The monoisotopic (exact) mass is 467 g/mol. The zero-order chi connectivity index (χ0) is 23.5. The van der Waals surface area contributed by atoms with Gasteiger partial charge in [0.1, 0.15) is 0 Å². The first kappa shape index (κ1) is 25.4. The molecular weight excluding hydrogens is 430 g/mol. The number of hydrogen-bond donors (Lipinski definition) is 2. The first-order valence-corrected chi connectivity index (χ1v) is 12.7. The molecule has 1 saturated carbocycles. The highest BCUT2D eigenvalue weighted by molar-refractivity contribution is 7.80. The van der Waals surface area contributed by atoms with Crippen molar-refractivity contribution in [1.82, 2.24) is 5.32 Å². The van der Waals surface area contributed by atoms with Crippen LogP contribution in [0, 0.1) is 5.92 Å². The second-order valence-corrected chi connectivity index (χ2v) is 9.49. The van der Waals surface area contributed by atoms with Gasteiger partial charge in [-0.2, -0.15) is 0 Å². The summed E-state index contributed by atoms with van der Waals surface area (Å²) in [6.45, 7) is 3.20. The summed E-state index contributed by atoms with van der Waals surface area (Å²) in [5.41, 5.74) is 3.47. The number of carbonyl (C=O) groups is 1. The van der Waals surface area contributed by atoms with E-state index in [0.717, 1.165) is 35.9 Å². The van der Waals surface area contributed by atoms with Gasteiger partial charge in [0.15, 0.2) is 6.10 Å². The summed E-state index contributed by atoms with van der Waals surface area (Å²) in [5, 5.41) is 12.9. The van der Waals surface area contributed by atoms with Gasteiger partial charge in [-0.3, -0.25) is 0 Å². The van der Waals surface area contributed by atoms with Gasteiger partial charge in [-0.15, -0.1) is 0 Å². The maximum Gasteiger partial charge on any atom is 0.333 e. The van der Waals surface area contributed by atoms with Gasteiger partial charge in [-0.25, -0.2) is 4.79 Å². The zero-order valence-corrected chi connectivity index (χ0v) is 20.5. The van der Waals surface area contributed by atoms with E-state index < -0.39 is 12.1 Å². The minimum Gasteiger partial charge on any atom is -0.479 e. The van der Waals surface area contributed by atoms with E-state index in [9.17, 15) is 9.90 Å². The van der Waals surface area contributed by atoms with E-state index in [4.69, 9.17) is 17.0 Å². The number of rotatable bonds is 12. The van der Waals surface area contributed by atoms with Crippen LogP contribution in [0.3, 0.4) is 0 Å².